The maximum atomic E-state index is 12.1. The fourth-order valence-electron chi connectivity index (χ4n) is 2.71. The Hall–Kier alpha value is -3.02. The number of carbonyl (C=O) groups excluding carboxylic acids is 2. The maximum Gasteiger partial charge on any atom is 0.265 e. The number of rotatable bonds is 8. The first-order valence-corrected chi connectivity index (χ1v) is 8.71. The van der Waals surface area contributed by atoms with Gasteiger partial charge in [0.15, 0.2) is 6.61 Å². The second kappa shape index (κ2) is 8.89. The molecule has 2 aromatic carbocycles. The van der Waals surface area contributed by atoms with E-state index >= 15 is 0 Å². The minimum absolute atomic E-state index is 0.00938. The third-order valence-electron chi connectivity index (χ3n) is 4.03. The number of ether oxygens (including phenoxy) is 2. The summed E-state index contributed by atoms with van der Waals surface area (Å²) in [5, 5.41) is 2.86. The first-order chi connectivity index (χ1) is 12.7. The van der Waals surface area contributed by atoms with Gasteiger partial charge in [-0.1, -0.05) is 30.3 Å². The topological polar surface area (TPSA) is 67.9 Å². The Bertz CT molecular complexity index is 748. The standard InChI is InChI=1S/C20H22N2O4/c23-19(21-12-6-14-25-16-7-2-1-3-8-16)11-13-22-17-9-4-5-10-18(17)26-15-20(22)24/h1-5,7-10H,6,11-15H2,(H,21,23). The van der Waals surface area contributed by atoms with E-state index in [1.807, 2.05) is 54.6 Å². The molecule has 6 heteroatoms. The molecule has 1 heterocycles. The lowest BCUT2D eigenvalue weighted by atomic mass is 10.2. The van der Waals surface area contributed by atoms with Gasteiger partial charge >= 0.3 is 0 Å². The quantitative estimate of drug-likeness (QED) is 0.739. The van der Waals surface area contributed by atoms with Crippen LogP contribution in [0.1, 0.15) is 12.8 Å². The molecule has 0 saturated carbocycles. The molecule has 0 atom stereocenters. The van der Waals surface area contributed by atoms with Crippen molar-refractivity contribution >= 4 is 17.5 Å². The highest BCUT2D eigenvalue weighted by Crippen LogP contribution is 2.31. The van der Waals surface area contributed by atoms with Crippen molar-refractivity contribution in [3.63, 3.8) is 0 Å². The van der Waals surface area contributed by atoms with Crippen molar-refractivity contribution in [2.75, 3.05) is 31.2 Å². The van der Waals surface area contributed by atoms with Gasteiger partial charge in [0.2, 0.25) is 5.91 Å². The molecule has 0 unspecified atom stereocenters. The number of para-hydroxylation sites is 3. The zero-order chi connectivity index (χ0) is 18.2. The van der Waals surface area contributed by atoms with E-state index in [1.165, 1.54) is 0 Å². The van der Waals surface area contributed by atoms with Crippen molar-refractivity contribution in [2.24, 2.45) is 0 Å². The van der Waals surface area contributed by atoms with Gasteiger partial charge in [-0.15, -0.1) is 0 Å². The lowest BCUT2D eigenvalue weighted by Gasteiger charge is -2.29. The molecular weight excluding hydrogens is 332 g/mol. The van der Waals surface area contributed by atoms with Crippen LogP contribution in [0, 0.1) is 0 Å². The first-order valence-electron chi connectivity index (χ1n) is 8.71. The highest BCUT2D eigenvalue weighted by molar-refractivity contribution is 5.98. The molecule has 1 aliphatic rings. The summed E-state index contributed by atoms with van der Waals surface area (Å²) < 4.78 is 11.0. The van der Waals surface area contributed by atoms with Crippen LogP contribution in [0.4, 0.5) is 5.69 Å². The minimum atomic E-state index is -0.132. The summed E-state index contributed by atoms with van der Waals surface area (Å²) in [5.41, 5.74) is 0.716. The van der Waals surface area contributed by atoms with Gasteiger partial charge in [-0.25, -0.2) is 0 Å². The van der Waals surface area contributed by atoms with Crippen molar-refractivity contribution in [2.45, 2.75) is 12.8 Å². The highest BCUT2D eigenvalue weighted by Gasteiger charge is 2.25. The molecule has 136 valence electrons. The molecule has 0 fully saturated rings. The molecule has 0 bridgehead atoms. The van der Waals surface area contributed by atoms with Crippen LogP contribution in [0.25, 0.3) is 0 Å². The number of nitrogens with one attached hydrogen (secondary N) is 1. The van der Waals surface area contributed by atoms with E-state index in [0.717, 1.165) is 12.2 Å². The lowest BCUT2D eigenvalue weighted by molar-refractivity contribution is -0.122. The third-order valence-corrected chi connectivity index (χ3v) is 4.03. The minimum Gasteiger partial charge on any atom is -0.494 e. The Kier molecular flexibility index (Phi) is 6.09. The van der Waals surface area contributed by atoms with Crippen molar-refractivity contribution < 1.29 is 19.1 Å². The van der Waals surface area contributed by atoms with Crippen LogP contribution in [0.3, 0.4) is 0 Å². The second-order valence-electron chi connectivity index (χ2n) is 5.92. The number of benzene rings is 2. The number of amides is 2. The zero-order valence-electron chi connectivity index (χ0n) is 14.5. The van der Waals surface area contributed by atoms with Gasteiger partial charge in [0, 0.05) is 19.5 Å². The van der Waals surface area contributed by atoms with Crippen LogP contribution in [0.5, 0.6) is 11.5 Å². The number of anilines is 1. The predicted molar refractivity (Wildman–Crippen MR) is 98.5 cm³/mol. The van der Waals surface area contributed by atoms with Crippen LogP contribution >= 0.6 is 0 Å². The summed E-state index contributed by atoms with van der Waals surface area (Å²) in [6, 6.07) is 16.9. The van der Waals surface area contributed by atoms with Gasteiger partial charge in [0.25, 0.3) is 5.91 Å². The normalized spacial score (nSPS) is 12.9. The molecular formula is C20H22N2O4. The lowest BCUT2D eigenvalue weighted by Crippen LogP contribution is -2.41. The number of hydrogen-bond acceptors (Lipinski definition) is 4. The molecule has 0 saturated heterocycles. The SMILES string of the molecule is O=C(CCN1C(=O)COc2ccccc21)NCCCOc1ccccc1. The summed E-state index contributed by atoms with van der Waals surface area (Å²) >= 11 is 0. The van der Waals surface area contributed by atoms with Gasteiger partial charge in [-0.3, -0.25) is 9.59 Å². The van der Waals surface area contributed by atoms with Gasteiger partial charge in [0.05, 0.1) is 12.3 Å². The fraction of sp³-hybridized carbons (Fsp3) is 0.300. The van der Waals surface area contributed by atoms with E-state index in [0.29, 0.717) is 31.1 Å². The Morgan fingerprint density at radius 2 is 1.88 bits per heavy atom. The largest absolute Gasteiger partial charge is 0.494 e. The average molecular weight is 354 g/mol. The van der Waals surface area contributed by atoms with Gasteiger partial charge in [0.1, 0.15) is 11.5 Å². The van der Waals surface area contributed by atoms with Crippen LogP contribution in [0.2, 0.25) is 0 Å². The van der Waals surface area contributed by atoms with E-state index < -0.39 is 0 Å². The smallest absolute Gasteiger partial charge is 0.265 e. The fourth-order valence-corrected chi connectivity index (χ4v) is 2.71. The first kappa shape index (κ1) is 17.8. The zero-order valence-corrected chi connectivity index (χ0v) is 14.5. The molecule has 3 rings (SSSR count). The molecule has 0 aromatic heterocycles. The highest BCUT2D eigenvalue weighted by atomic mass is 16.5. The van der Waals surface area contributed by atoms with E-state index in [1.54, 1.807) is 4.90 Å². The molecule has 2 amide bonds. The van der Waals surface area contributed by atoms with Crippen LogP contribution in [-0.4, -0.2) is 38.1 Å². The van der Waals surface area contributed by atoms with Crippen molar-refractivity contribution in [3.8, 4) is 11.5 Å². The number of nitrogens with zero attached hydrogens (tertiary/aromatic N) is 1. The summed E-state index contributed by atoms with van der Waals surface area (Å²) in [6.07, 6.45) is 0.972. The van der Waals surface area contributed by atoms with Crippen LogP contribution < -0.4 is 19.7 Å². The van der Waals surface area contributed by atoms with E-state index in [4.69, 9.17) is 9.47 Å². The Morgan fingerprint density at radius 1 is 1.12 bits per heavy atom. The Balaban J connectivity index is 1.37. The van der Waals surface area contributed by atoms with E-state index in [2.05, 4.69) is 5.32 Å². The molecule has 2 aromatic rings. The Morgan fingerprint density at radius 3 is 2.73 bits per heavy atom. The molecule has 26 heavy (non-hydrogen) atoms. The second-order valence-corrected chi connectivity index (χ2v) is 5.92. The monoisotopic (exact) mass is 354 g/mol. The van der Waals surface area contributed by atoms with Crippen molar-refractivity contribution in [1.29, 1.82) is 0 Å². The van der Waals surface area contributed by atoms with Gasteiger partial charge < -0.3 is 19.7 Å². The molecule has 1 N–H and O–H groups in total. The van der Waals surface area contributed by atoms with E-state index in [-0.39, 0.29) is 24.8 Å². The molecule has 0 spiro atoms. The predicted octanol–water partition coefficient (Wildman–Crippen LogP) is 2.39. The summed E-state index contributed by atoms with van der Waals surface area (Å²) in [7, 11) is 0. The average Bonchev–Trinajstić information content (AvgIpc) is 2.68. The molecule has 6 nitrogen and oxygen atoms in total. The number of fused-ring (bicyclic) bond motifs is 1. The summed E-state index contributed by atoms with van der Waals surface area (Å²) in [6.45, 7) is 1.43. The number of carbonyl (C=O) groups is 2. The maximum absolute atomic E-state index is 12.1. The molecule has 0 aliphatic carbocycles. The van der Waals surface area contributed by atoms with Crippen molar-refractivity contribution in [3.05, 3.63) is 54.6 Å². The van der Waals surface area contributed by atoms with Gasteiger partial charge in [-0.05, 0) is 30.7 Å². The van der Waals surface area contributed by atoms with E-state index in [9.17, 15) is 9.59 Å². The van der Waals surface area contributed by atoms with Gasteiger partial charge in [-0.2, -0.15) is 0 Å². The Labute approximate surface area is 152 Å². The third kappa shape index (κ3) is 4.75. The van der Waals surface area contributed by atoms with Crippen molar-refractivity contribution in [1.82, 2.24) is 5.32 Å². The molecule has 1 aliphatic heterocycles. The van der Waals surface area contributed by atoms with Crippen LogP contribution in [0.15, 0.2) is 54.6 Å². The molecule has 0 radical (unpaired) electrons. The van der Waals surface area contributed by atoms with Crippen LogP contribution in [-0.2, 0) is 9.59 Å². The summed E-state index contributed by atoms with van der Waals surface area (Å²) in [4.78, 5) is 25.7. The number of hydrogen-bond donors (Lipinski definition) is 1. The summed E-state index contributed by atoms with van der Waals surface area (Å²) in [5.74, 6) is 1.28.